The summed E-state index contributed by atoms with van der Waals surface area (Å²) in [5.41, 5.74) is 1.91. The highest BCUT2D eigenvalue weighted by Gasteiger charge is 2.21. The molecule has 1 fully saturated rings. The molecule has 1 saturated heterocycles. The summed E-state index contributed by atoms with van der Waals surface area (Å²) < 4.78 is 8.12. The van der Waals surface area contributed by atoms with Crippen molar-refractivity contribution < 1.29 is 9.84 Å². The Morgan fingerprint density at radius 1 is 1.35 bits per heavy atom. The third kappa shape index (κ3) is 3.16. The molecule has 0 amide bonds. The molecule has 26 heavy (non-hydrogen) atoms. The molecule has 0 unspecified atom stereocenters. The number of ether oxygens (including phenoxy) is 1. The van der Waals surface area contributed by atoms with Crippen LogP contribution in [-0.2, 0) is 18.3 Å². The maximum absolute atomic E-state index is 12.6. The lowest BCUT2D eigenvalue weighted by Gasteiger charge is -2.32. The Bertz CT molecular complexity index is 1010. The molecule has 0 aliphatic carbocycles. The summed E-state index contributed by atoms with van der Waals surface area (Å²) in [6, 6.07) is 9.58. The largest absolute Gasteiger partial charge is 0.508 e. The number of aromatic nitrogens is 1. The van der Waals surface area contributed by atoms with Crippen molar-refractivity contribution in [3.8, 4) is 16.9 Å². The predicted octanol–water partition coefficient (Wildman–Crippen LogP) is 3.19. The van der Waals surface area contributed by atoms with Gasteiger partial charge in [0, 0.05) is 47.5 Å². The van der Waals surface area contributed by atoms with Gasteiger partial charge in [-0.25, -0.2) is 0 Å². The summed E-state index contributed by atoms with van der Waals surface area (Å²) >= 11 is 1.67. The van der Waals surface area contributed by atoms with Crippen molar-refractivity contribution in [1.29, 1.82) is 0 Å². The Morgan fingerprint density at radius 3 is 2.96 bits per heavy atom. The van der Waals surface area contributed by atoms with Gasteiger partial charge in [0.25, 0.3) is 5.56 Å². The number of hydrogen-bond donors (Lipinski definition) is 1. The maximum atomic E-state index is 12.6. The minimum atomic E-state index is 0.0152. The molecule has 6 heteroatoms. The molecule has 0 bridgehead atoms. The topological polar surface area (TPSA) is 54.7 Å². The van der Waals surface area contributed by atoms with E-state index in [0.29, 0.717) is 6.04 Å². The Labute approximate surface area is 156 Å². The monoisotopic (exact) mass is 370 g/mol. The fraction of sp³-hybridized carbons (Fsp3) is 0.350. The molecule has 3 aromatic rings. The molecule has 5 nitrogen and oxygen atoms in total. The van der Waals surface area contributed by atoms with E-state index in [9.17, 15) is 9.90 Å². The van der Waals surface area contributed by atoms with Crippen LogP contribution in [-0.4, -0.2) is 40.4 Å². The Kier molecular flexibility index (Phi) is 4.56. The van der Waals surface area contributed by atoms with E-state index in [1.165, 1.54) is 4.88 Å². The van der Waals surface area contributed by atoms with E-state index in [4.69, 9.17) is 4.74 Å². The average molecular weight is 370 g/mol. The van der Waals surface area contributed by atoms with Crippen LogP contribution < -0.4 is 5.56 Å². The quantitative estimate of drug-likeness (QED) is 0.769. The first-order chi connectivity index (χ1) is 12.5. The molecule has 3 heterocycles. The van der Waals surface area contributed by atoms with Crippen molar-refractivity contribution in [2.24, 2.45) is 7.05 Å². The molecular weight excluding hydrogens is 348 g/mol. The molecule has 1 aliphatic rings. The Balaban J connectivity index is 1.80. The van der Waals surface area contributed by atoms with Gasteiger partial charge in [0.1, 0.15) is 5.75 Å². The van der Waals surface area contributed by atoms with Crippen LogP contribution in [0.25, 0.3) is 21.2 Å². The highest BCUT2D eigenvalue weighted by molar-refractivity contribution is 7.19. The van der Waals surface area contributed by atoms with Crippen LogP contribution in [0.3, 0.4) is 0 Å². The molecule has 1 aliphatic heterocycles. The number of thiophene rings is 1. The second-order valence-corrected chi connectivity index (χ2v) is 8.00. The summed E-state index contributed by atoms with van der Waals surface area (Å²) in [6.07, 6.45) is 1.86. The minimum Gasteiger partial charge on any atom is -0.508 e. The second kappa shape index (κ2) is 6.87. The van der Waals surface area contributed by atoms with Gasteiger partial charge in [0.05, 0.1) is 18.6 Å². The Morgan fingerprint density at radius 2 is 2.19 bits per heavy atom. The van der Waals surface area contributed by atoms with Crippen LogP contribution in [0, 0.1) is 0 Å². The first-order valence-corrected chi connectivity index (χ1v) is 9.58. The molecule has 1 aromatic carbocycles. The summed E-state index contributed by atoms with van der Waals surface area (Å²) in [5, 5.41) is 10.6. The maximum Gasteiger partial charge on any atom is 0.259 e. The molecule has 1 atom stereocenters. The molecule has 136 valence electrons. The molecule has 2 aromatic heterocycles. The van der Waals surface area contributed by atoms with Gasteiger partial charge in [-0.3, -0.25) is 9.69 Å². The van der Waals surface area contributed by atoms with Crippen molar-refractivity contribution in [2.45, 2.75) is 19.5 Å². The van der Waals surface area contributed by atoms with E-state index in [2.05, 4.69) is 11.8 Å². The van der Waals surface area contributed by atoms with Gasteiger partial charge in [-0.05, 0) is 30.7 Å². The number of benzene rings is 1. The summed E-state index contributed by atoms with van der Waals surface area (Å²) in [6.45, 7) is 5.41. The van der Waals surface area contributed by atoms with E-state index in [-0.39, 0.29) is 11.3 Å². The first kappa shape index (κ1) is 17.3. The van der Waals surface area contributed by atoms with Crippen molar-refractivity contribution in [2.75, 3.05) is 19.8 Å². The van der Waals surface area contributed by atoms with Crippen molar-refractivity contribution in [3.63, 3.8) is 0 Å². The molecule has 1 N–H and O–H groups in total. The van der Waals surface area contributed by atoms with Crippen molar-refractivity contribution in [1.82, 2.24) is 9.47 Å². The van der Waals surface area contributed by atoms with Gasteiger partial charge < -0.3 is 14.4 Å². The third-order valence-corrected chi connectivity index (χ3v) is 6.08. The number of nitrogens with zero attached hydrogens (tertiary/aromatic N) is 2. The fourth-order valence-electron chi connectivity index (χ4n) is 3.46. The van der Waals surface area contributed by atoms with E-state index in [1.54, 1.807) is 35.1 Å². The van der Waals surface area contributed by atoms with Crippen LogP contribution >= 0.6 is 11.3 Å². The smallest absolute Gasteiger partial charge is 0.259 e. The van der Waals surface area contributed by atoms with Gasteiger partial charge in [-0.1, -0.05) is 12.1 Å². The van der Waals surface area contributed by atoms with Crippen LogP contribution in [0.2, 0.25) is 0 Å². The molecular formula is C20H22N2O3S. The van der Waals surface area contributed by atoms with E-state index < -0.39 is 0 Å². The fourth-order valence-corrected chi connectivity index (χ4v) is 4.66. The number of fused-ring (bicyclic) bond motifs is 1. The Hall–Kier alpha value is -2.15. The zero-order chi connectivity index (χ0) is 18.3. The molecule has 4 rings (SSSR count). The summed E-state index contributed by atoms with van der Waals surface area (Å²) in [7, 11) is 1.77. The highest BCUT2D eigenvalue weighted by atomic mass is 32.1. The SMILES string of the molecule is C[C@H]1COCCN1Cc1cc2c(=O)n(C)cc(-c3cccc(O)c3)c2s1. The predicted molar refractivity (Wildman–Crippen MR) is 105 cm³/mol. The van der Waals surface area contributed by atoms with Gasteiger partial charge in [-0.15, -0.1) is 11.3 Å². The summed E-state index contributed by atoms with van der Waals surface area (Å²) in [5.74, 6) is 0.225. The zero-order valence-electron chi connectivity index (χ0n) is 14.9. The number of morpholine rings is 1. The van der Waals surface area contributed by atoms with Gasteiger partial charge in [0.15, 0.2) is 0 Å². The summed E-state index contributed by atoms with van der Waals surface area (Å²) in [4.78, 5) is 16.2. The molecule has 0 saturated carbocycles. The molecule has 0 radical (unpaired) electrons. The lowest BCUT2D eigenvalue weighted by Crippen LogP contribution is -2.42. The van der Waals surface area contributed by atoms with Crippen LogP contribution in [0.4, 0.5) is 0 Å². The van der Waals surface area contributed by atoms with E-state index in [1.807, 2.05) is 24.4 Å². The second-order valence-electron chi connectivity index (χ2n) is 6.86. The minimum absolute atomic E-state index is 0.0152. The number of hydrogen-bond acceptors (Lipinski definition) is 5. The van der Waals surface area contributed by atoms with Crippen LogP contribution in [0.1, 0.15) is 11.8 Å². The van der Waals surface area contributed by atoms with Crippen molar-refractivity contribution in [3.05, 3.63) is 51.8 Å². The van der Waals surface area contributed by atoms with E-state index in [0.717, 1.165) is 47.5 Å². The van der Waals surface area contributed by atoms with Crippen LogP contribution in [0.15, 0.2) is 41.3 Å². The van der Waals surface area contributed by atoms with Gasteiger partial charge in [0.2, 0.25) is 0 Å². The third-order valence-electron chi connectivity index (χ3n) is 4.92. The number of phenolic OH excluding ortho intramolecular Hbond substituents is 1. The standard InChI is InChI=1S/C20H22N2O3S/c1-13-12-25-7-6-22(13)10-16-9-17-19(26-16)18(11-21(2)20(17)24)14-4-3-5-15(23)8-14/h3-5,8-9,11,13,23H,6-7,10,12H2,1-2H3/t13-/m0/s1. The van der Waals surface area contributed by atoms with E-state index >= 15 is 0 Å². The number of pyridine rings is 1. The number of rotatable bonds is 3. The lowest BCUT2D eigenvalue weighted by atomic mass is 10.1. The zero-order valence-corrected chi connectivity index (χ0v) is 15.8. The van der Waals surface area contributed by atoms with Gasteiger partial charge >= 0.3 is 0 Å². The lowest BCUT2D eigenvalue weighted by molar-refractivity contribution is -0.00390. The number of phenols is 1. The average Bonchev–Trinajstić information content (AvgIpc) is 3.04. The normalized spacial score (nSPS) is 18.5. The van der Waals surface area contributed by atoms with Crippen LogP contribution in [0.5, 0.6) is 5.75 Å². The van der Waals surface area contributed by atoms with Gasteiger partial charge in [-0.2, -0.15) is 0 Å². The number of aryl methyl sites for hydroxylation is 1. The number of aromatic hydroxyl groups is 1. The molecule has 0 spiro atoms. The van der Waals surface area contributed by atoms with Crippen molar-refractivity contribution >= 4 is 21.4 Å². The highest BCUT2D eigenvalue weighted by Crippen LogP contribution is 2.35. The first-order valence-electron chi connectivity index (χ1n) is 8.76.